The predicted molar refractivity (Wildman–Crippen MR) is 73.2 cm³/mol. The minimum Gasteiger partial charge on any atom is -0.356 e. The standard InChI is InChI=1S/C14H25N3O/c1-4-5-11(2)12(3)8-16-14(18)7-6-13-9-15-10-17-13/h9-12H,4-8H2,1-3H3,(H,15,17)(H,16,18). The van der Waals surface area contributed by atoms with Crippen LogP contribution in [0, 0.1) is 11.8 Å². The molecule has 0 aliphatic rings. The van der Waals surface area contributed by atoms with Crippen molar-refractivity contribution in [2.24, 2.45) is 11.8 Å². The number of rotatable bonds is 8. The van der Waals surface area contributed by atoms with Crippen molar-refractivity contribution >= 4 is 5.91 Å². The second kappa shape index (κ2) is 7.90. The number of hydrogen-bond donors (Lipinski definition) is 2. The van der Waals surface area contributed by atoms with E-state index in [4.69, 9.17) is 0 Å². The SMILES string of the molecule is CCCC(C)C(C)CNC(=O)CCc1c[nH]cn1. The lowest BCUT2D eigenvalue weighted by atomic mass is 9.92. The zero-order valence-corrected chi connectivity index (χ0v) is 11.7. The molecule has 1 aromatic rings. The lowest BCUT2D eigenvalue weighted by Gasteiger charge is -2.19. The summed E-state index contributed by atoms with van der Waals surface area (Å²) in [6.45, 7) is 7.44. The van der Waals surface area contributed by atoms with Gasteiger partial charge in [-0.1, -0.05) is 33.6 Å². The largest absolute Gasteiger partial charge is 0.356 e. The van der Waals surface area contributed by atoms with Gasteiger partial charge in [0.1, 0.15) is 0 Å². The van der Waals surface area contributed by atoms with Gasteiger partial charge in [-0.25, -0.2) is 4.98 Å². The molecule has 0 spiro atoms. The van der Waals surface area contributed by atoms with Gasteiger partial charge in [0.25, 0.3) is 0 Å². The van der Waals surface area contributed by atoms with Crippen LogP contribution in [0.15, 0.2) is 12.5 Å². The van der Waals surface area contributed by atoms with E-state index >= 15 is 0 Å². The molecule has 18 heavy (non-hydrogen) atoms. The van der Waals surface area contributed by atoms with Crippen LogP contribution in [0.3, 0.4) is 0 Å². The number of nitrogens with zero attached hydrogens (tertiary/aromatic N) is 1. The van der Waals surface area contributed by atoms with Crippen molar-refractivity contribution in [1.82, 2.24) is 15.3 Å². The molecule has 4 nitrogen and oxygen atoms in total. The molecule has 0 aliphatic carbocycles. The number of amides is 1. The Hall–Kier alpha value is -1.32. The summed E-state index contributed by atoms with van der Waals surface area (Å²) in [4.78, 5) is 18.7. The molecule has 0 aliphatic heterocycles. The van der Waals surface area contributed by atoms with Gasteiger partial charge in [-0.05, 0) is 18.3 Å². The van der Waals surface area contributed by atoms with Gasteiger partial charge >= 0.3 is 0 Å². The lowest BCUT2D eigenvalue weighted by molar-refractivity contribution is -0.121. The summed E-state index contributed by atoms with van der Waals surface area (Å²) in [6.07, 6.45) is 7.12. The number of hydrogen-bond acceptors (Lipinski definition) is 2. The van der Waals surface area contributed by atoms with Gasteiger partial charge in [0.15, 0.2) is 0 Å². The van der Waals surface area contributed by atoms with Gasteiger partial charge in [-0.2, -0.15) is 0 Å². The van der Waals surface area contributed by atoms with E-state index in [0.717, 1.165) is 12.2 Å². The maximum atomic E-state index is 11.7. The van der Waals surface area contributed by atoms with Gasteiger partial charge in [0.2, 0.25) is 5.91 Å². The Balaban J connectivity index is 2.16. The van der Waals surface area contributed by atoms with Crippen molar-refractivity contribution < 1.29 is 4.79 Å². The molecule has 2 unspecified atom stereocenters. The van der Waals surface area contributed by atoms with Crippen LogP contribution in [-0.4, -0.2) is 22.4 Å². The van der Waals surface area contributed by atoms with Gasteiger partial charge in [0.05, 0.1) is 12.0 Å². The molecule has 0 aromatic carbocycles. The van der Waals surface area contributed by atoms with Crippen LogP contribution >= 0.6 is 0 Å². The molecule has 0 fully saturated rings. The zero-order valence-electron chi connectivity index (χ0n) is 11.7. The van der Waals surface area contributed by atoms with Crippen molar-refractivity contribution in [2.45, 2.75) is 46.5 Å². The van der Waals surface area contributed by atoms with Crippen LogP contribution in [0.25, 0.3) is 0 Å². The molecule has 1 heterocycles. The van der Waals surface area contributed by atoms with Gasteiger partial charge in [0, 0.05) is 19.2 Å². The van der Waals surface area contributed by atoms with E-state index in [1.807, 2.05) is 6.20 Å². The topological polar surface area (TPSA) is 57.8 Å². The summed E-state index contributed by atoms with van der Waals surface area (Å²) in [5.41, 5.74) is 0.942. The predicted octanol–water partition coefficient (Wildman–Crippen LogP) is 2.53. The Labute approximate surface area is 110 Å². The van der Waals surface area contributed by atoms with E-state index in [-0.39, 0.29) is 5.91 Å². The maximum absolute atomic E-state index is 11.7. The highest BCUT2D eigenvalue weighted by molar-refractivity contribution is 5.76. The monoisotopic (exact) mass is 251 g/mol. The Morgan fingerprint density at radius 3 is 2.83 bits per heavy atom. The molecular weight excluding hydrogens is 226 g/mol. The number of imidazole rings is 1. The molecule has 1 rings (SSSR count). The molecule has 1 aromatic heterocycles. The first-order valence-electron chi connectivity index (χ1n) is 6.87. The third-order valence-corrected chi connectivity index (χ3v) is 3.50. The summed E-state index contributed by atoms with van der Waals surface area (Å²) in [5, 5.41) is 3.01. The number of aromatic nitrogens is 2. The average Bonchev–Trinajstić information content (AvgIpc) is 2.86. The van der Waals surface area contributed by atoms with E-state index in [2.05, 4.69) is 36.1 Å². The van der Waals surface area contributed by atoms with Crippen molar-refractivity contribution in [2.75, 3.05) is 6.54 Å². The Morgan fingerprint density at radius 2 is 2.22 bits per heavy atom. The van der Waals surface area contributed by atoms with Crippen LogP contribution in [0.1, 0.15) is 45.7 Å². The van der Waals surface area contributed by atoms with Crippen molar-refractivity contribution in [3.63, 3.8) is 0 Å². The van der Waals surface area contributed by atoms with Crippen molar-refractivity contribution in [3.8, 4) is 0 Å². The van der Waals surface area contributed by atoms with Crippen molar-refractivity contribution in [1.29, 1.82) is 0 Å². The average molecular weight is 251 g/mol. The smallest absolute Gasteiger partial charge is 0.220 e. The Bertz CT molecular complexity index is 335. The molecule has 4 heteroatoms. The van der Waals surface area contributed by atoms with Crippen LogP contribution in [0.4, 0.5) is 0 Å². The maximum Gasteiger partial charge on any atom is 0.220 e. The molecule has 102 valence electrons. The number of H-pyrrole nitrogens is 1. The van der Waals surface area contributed by atoms with Crippen LogP contribution < -0.4 is 5.32 Å². The van der Waals surface area contributed by atoms with E-state index in [1.54, 1.807) is 6.33 Å². The van der Waals surface area contributed by atoms with Gasteiger partial charge in [-0.3, -0.25) is 4.79 Å². The summed E-state index contributed by atoms with van der Waals surface area (Å²) in [7, 11) is 0. The Morgan fingerprint density at radius 1 is 1.44 bits per heavy atom. The van der Waals surface area contributed by atoms with E-state index < -0.39 is 0 Å². The molecule has 1 amide bonds. The van der Waals surface area contributed by atoms with Crippen LogP contribution in [-0.2, 0) is 11.2 Å². The van der Waals surface area contributed by atoms with E-state index in [0.29, 0.717) is 24.7 Å². The fourth-order valence-electron chi connectivity index (χ4n) is 1.97. The van der Waals surface area contributed by atoms with E-state index in [1.165, 1.54) is 12.8 Å². The number of carbonyl (C=O) groups excluding carboxylic acids is 1. The highest BCUT2D eigenvalue weighted by Crippen LogP contribution is 2.15. The number of aromatic amines is 1. The third-order valence-electron chi connectivity index (χ3n) is 3.50. The molecule has 0 radical (unpaired) electrons. The Kier molecular flexibility index (Phi) is 6.47. The fraction of sp³-hybridized carbons (Fsp3) is 0.714. The van der Waals surface area contributed by atoms with Crippen molar-refractivity contribution in [3.05, 3.63) is 18.2 Å². The number of carbonyl (C=O) groups is 1. The summed E-state index contributed by atoms with van der Waals surface area (Å²) >= 11 is 0. The quantitative estimate of drug-likeness (QED) is 0.746. The zero-order chi connectivity index (χ0) is 13.4. The highest BCUT2D eigenvalue weighted by Gasteiger charge is 2.12. The van der Waals surface area contributed by atoms with Gasteiger partial charge in [-0.15, -0.1) is 0 Å². The summed E-state index contributed by atoms with van der Waals surface area (Å²) < 4.78 is 0. The second-order valence-corrected chi connectivity index (χ2v) is 5.11. The molecule has 0 saturated heterocycles. The van der Waals surface area contributed by atoms with Gasteiger partial charge < -0.3 is 10.3 Å². The normalized spacial score (nSPS) is 14.2. The van der Waals surface area contributed by atoms with Crippen LogP contribution in [0.2, 0.25) is 0 Å². The first-order valence-corrected chi connectivity index (χ1v) is 6.87. The first kappa shape index (κ1) is 14.7. The summed E-state index contributed by atoms with van der Waals surface area (Å²) in [6, 6.07) is 0. The molecule has 2 N–H and O–H groups in total. The lowest BCUT2D eigenvalue weighted by Crippen LogP contribution is -2.30. The molecule has 2 atom stereocenters. The second-order valence-electron chi connectivity index (χ2n) is 5.11. The fourth-order valence-corrected chi connectivity index (χ4v) is 1.97. The molecular formula is C14H25N3O. The number of nitrogens with one attached hydrogen (secondary N) is 2. The highest BCUT2D eigenvalue weighted by atomic mass is 16.1. The third kappa shape index (κ3) is 5.34. The minimum atomic E-state index is 0.119. The number of aryl methyl sites for hydroxylation is 1. The van der Waals surface area contributed by atoms with E-state index in [9.17, 15) is 4.79 Å². The molecule has 0 bridgehead atoms. The molecule has 0 saturated carbocycles. The minimum absolute atomic E-state index is 0.119. The summed E-state index contributed by atoms with van der Waals surface area (Å²) in [5.74, 6) is 1.33. The van der Waals surface area contributed by atoms with Crippen LogP contribution in [0.5, 0.6) is 0 Å². The first-order chi connectivity index (χ1) is 8.63.